The number of hydrogen-bond donors (Lipinski definition) is 2. The van der Waals surface area contributed by atoms with Crippen molar-refractivity contribution in [1.82, 2.24) is 15.3 Å². The summed E-state index contributed by atoms with van der Waals surface area (Å²) in [6.45, 7) is 3.58. The third-order valence-electron chi connectivity index (χ3n) is 2.99. The van der Waals surface area contributed by atoms with Crippen molar-refractivity contribution in [3.63, 3.8) is 0 Å². The summed E-state index contributed by atoms with van der Waals surface area (Å²) in [7, 11) is 1.65. The van der Waals surface area contributed by atoms with Gasteiger partial charge in [0.05, 0.1) is 11.9 Å². The molecule has 0 aliphatic heterocycles. The van der Waals surface area contributed by atoms with Crippen LogP contribution in [0.5, 0.6) is 0 Å². The van der Waals surface area contributed by atoms with Crippen LogP contribution in [0.15, 0.2) is 12.4 Å². The number of anilines is 1. The van der Waals surface area contributed by atoms with E-state index in [0.717, 1.165) is 23.1 Å². The van der Waals surface area contributed by atoms with Crippen LogP contribution in [0.1, 0.15) is 18.2 Å². The molecule has 7 heteroatoms. The molecule has 0 saturated heterocycles. The number of nitrogens with zero attached hydrogens (tertiary/aromatic N) is 2. The number of methoxy groups -OCH3 is 1. The molecule has 2 heterocycles. The summed E-state index contributed by atoms with van der Waals surface area (Å²) in [4.78, 5) is 22.4. The molecule has 0 atom stereocenters. The van der Waals surface area contributed by atoms with Crippen molar-refractivity contribution in [3.8, 4) is 0 Å². The molecule has 2 aromatic heterocycles. The second kappa shape index (κ2) is 7.90. The van der Waals surface area contributed by atoms with Gasteiger partial charge in [0.25, 0.3) is 0 Å². The maximum atomic E-state index is 11.7. The largest absolute Gasteiger partial charge is 0.385 e. The quantitative estimate of drug-likeness (QED) is 0.728. The van der Waals surface area contributed by atoms with Gasteiger partial charge in [-0.25, -0.2) is 9.97 Å². The van der Waals surface area contributed by atoms with Gasteiger partial charge in [-0.1, -0.05) is 6.92 Å². The third-order valence-corrected chi connectivity index (χ3v) is 4.18. The number of aromatic nitrogens is 2. The van der Waals surface area contributed by atoms with Crippen LogP contribution >= 0.6 is 11.3 Å². The van der Waals surface area contributed by atoms with Crippen molar-refractivity contribution in [2.75, 3.05) is 32.1 Å². The molecule has 6 nitrogen and oxygen atoms in total. The summed E-state index contributed by atoms with van der Waals surface area (Å²) >= 11 is 1.66. The van der Waals surface area contributed by atoms with Crippen LogP contribution in [0.25, 0.3) is 10.2 Å². The van der Waals surface area contributed by atoms with Gasteiger partial charge in [-0.2, -0.15) is 0 Å². The van der Waals surface area contributed by atoms with E-state index in [9.17, 15) is 4.79 Å². The van der Waals surface area contributed by atoms with E-state index in [2.05, 4.69) is 33.6 Å². The van der Waals surface area contributed by atoms with Gasteiger partial charge in [-0.05, 0) is 18.9 Å². The second-order valence-corrected chi connectivity index (χ2v) is 5.67. The molecule has 0 aliphatic carbocycles. The Labute approximate surface area is 127 Å². The summed E-state index contributed by atoms with van der Waals surface area (Å²) in [5.41, 5.74) is 0. The highest BCUT2D eigenvalue weighted by molar-refractivity contribution is 7.18. The van der Waals surface area contributed by atoms with Crippen LogP contribution in [0.3, 0.4) is 0 Å². The van der Waals surface area contributed by atoms with E-state index >= 15 is 0 Å². The fraction of sp³-hybridized carbons (Fsp3) is 0.500. The van der Waals surface area contributed by atoms with Crippen molar-refractivity contribution < 1.29 is 9.53 Å². The summed E-state index contributed by atoms with van der Waals surface area (Å²) in [5.74, 6) is 0.659. The molecule has 0 radical (unpaired) electrons. The zero-order valence-corrected chi connectivity index (χ0v) is 13.1. The Bertz CT molecular complexity index is 600. The van der Waals surface area contributed by atoms with Crippen LogP contribution in [-0.2, 0) is 16.0 Å². The molecule has 0 aromatic carbocycles. The number of hydrogen-bond acceptors (Lipinski definition) is 6. The summed E-state index contributed by atoms with van der Waals surface area (Å²) < 4.78 is 4.93. The van der Waals surface area contributed by atoms with Crippen LogP contribution in [-0.4, -0.2) is 42.7 Å². The molecule has 21 heavy (non-hydrogen) atoms. The van der Waals surface area contributed by atoms with E-state index in [-0.39, 0.29) is 12.5 Å². The first-order valence-corrected chi connectivity index (χ1v) is 7.79. The van der Waals surface area contributed by atoms with Crippen molar-refractivity contribution in [2.45, 2.75) is 19.8 Å². The highest BCUT2D eigenvalue weighted by atomic mass is 32.1. The Balaban J connectivity index is 1.91. The second-order valence-electron chi connectivity index (χ2n) is 4.56. The molecule has 0 bridgehead atoms. The smallest absolute Gasteiger partial charge is 0.239 e. The molecule has 0 aliphatic rings. The Morgan fingerprint density at radius 3 is 3.05 bits per heavy atom. The van der Waals surface area contributed by atoms with Crippen molar-refractivity contribution >= 4 is 33.3 Å². The van der Waals surface area contributed by atoms with E-state index in [1.54, 1.807) is 18.4 Å². The van der Waals surface area contributed by atoms with E-state index in [4.69, 9.17) is 4.74 Å². The summed E-state index contributed by atoms with van der Waals surface area (Å²) in [6, 6.07) is 2.08. The van der Waals surface area contributed by atoms with Gasteiger partial charge < -0.3 is 15.4 Å². The number of fused-ring (bicyclic) bond motifs is 1. The molecule has 0 saturated carbocycles. The van der Waals surface area contributed by atoms with Gasteiger partial charge in [0.1, 0.15) is 17.0 Å². The third kappa shape index (κ3) is 4.37. The first kappa shape index (κ1) is 15.7. The van der Waals surface area contributed by atoms with Gasteiger partial charge >= 0.3 is 0 Å². The number of thiophene rings is 1. The maximum Gasteiger partial charge on any atom is 0.239 e. The first-order chi connectivity index (χ1) is 10.2. The zero-order valence-electron chi connectivity index (χ0n) is 12.3. The summed E-state index contributed by atoms with van der Waals surface area (Å²) in [5, 5.41) is 6.89. The molecule has 2 aromatic rings. The van der Waals surface area contributed by atoms with Crippen molar-refractivity contribution in [2.24, 2.45) is 0 Å². The lowest BCUT2D eigenvalue weighted by molar-refractivity contribution is -0.119. The highest BCUT2D eigenvalue weighted by Gasteiger charge is 2.09. The lowest BCUT2D eigenvalue weighted by Crippen LogP contribution is -2.31. The number of aryl methyl sites for hydroxylation is 1. The van der Waals surface area contributed by atoms with Crippen molar-refractivity contribution in [3.05, 3.63) is 17.3 Å². The van der Waals surface area contributed by atoms with Gasteiger partial charge in [0, 0.05) is 25.1 Å². The van der Waals surface area contributed by atoms with Gasteiger partial charge in [-0.3, -0.25) is 4.79 Å². The number of amides is 1. The molecular formula is C14H20N4O2S. The Morgan fingerprint density at radius 2 is 2.29 bits per heavy atom. The lowest BCUT2D eigenvalue weighted by Gasteiger charge is -2.07. The Hall–Kier alpha value is -1.73. The fourth-order valence-electron chi connectivity index (χ4n) is 1.89. The average Bonchev–Trinajstić information content (AvgIpc) is 2.93. The van der Waals surface area contributed by atoms with Gasteiger partial charge in [0.15, 0.2) is 0 Å². The standard InChI is InChI=1S/C14H20N4O2S/c1-3-10-7-11-13(17-9-18-14(11)21-10)16-8-12(19)15-5-4-6-20-2/h7,9H,3-6,8H2,1-2H3,(H,15,19)(H,16,17,18). The predicted molar refractivity (Wildman–Crippen MR) is 84.8 cm³/mol. The monoisotopic (exact) mass is 308 g/mol. The van der Waals surface area contributed by atoms with Crippen LogP contribution in [0.2, 0.25) is 0 Å². The SMILES string of the molecule is CCc1cc2c(NCC(=O)NCCCOC)ncnc2s1. The van der Waals surface area contributed by atoms with E-state index in [1.807, 2.05) is 0 Å². The van der Waals surface area contributed by atoms with Crippen molar-refractivity contribution in [1.29, 1.82) is 0 Å². The van der Waals surface area contributed by atoms with E-state index < -0.39 is 0 Å². The number of nitrogens with one attached hydrogen (secondary N) is 2. The normalized spacial score (nSPS) is 10.8. The fourth-order valence-corrected chi connectivity index (χ4v) is 2.83. The molecule has 0 unspecified atom stereocenters. The minimum atomic E-state index is -0.0520. The minimum absolute atomic E-state index is 0.0520. The minimum Gasteiger partial charge on any atom is -0.385 e. The molecule has 114 valence electrons. The topological polar surface area (TPSA) is 76.1 Å². The molecule has 0 fully saturated rings. The van der Waals surface area contributed by atoms with Crippen LogP contribution < -0.4 is 10.6 Å². The lowest BCUT2D eigenvalue weighted by atomic mass is 10.3. The van der Waals surface area contributed by atoms with Gasteiger partial charge in [0.2, 0.25) is 5.91 Å². The summed E-state index contributed by atoms with van der Waals surface area (Å²) in [6.07, 6.45) is 3.31. The maximum absolute atomic E-state index is 11.7. The average molecular weight is 308 g/mol. The van der Waals surface area contributed by atoms with Crippen LogP contribution in [0.4, 0.5) is 5.82 Å². The molecule has 2 rings (SSSR count). The van der Waals surface area contributed by atoms with E-state index in [0.29, 0.717) is 19.0 Å². The zero-order chi connectivity index (χ0) is 15.1. The molecule has 0 spiro atoms. The molecule has 2 N–H and O–H groups in total. The molecular weight excluding hydrogens is 288 g/mol. The number of carbonyl (C=O) groups is 1. The Morgan fingerprint density at radius 1 is 1.43 bits per heavy atom. The van der Waals surface area contributed by atoms with Gasteiger partial charge in [-0.15, -0.1) is 11.3 Å². The predicted octanol–water partition coefficient (Wildman–Crippen LogP) is 1.82. The van der Waals surface area contributed by atoms with E-state index in [1.165, 1.54) is 11.2 Å². The Kier molecular flexibility index (Phi) is 5.89. The first-order valence-electron chi connectivity index (χ1n) is 6.97. The highest BCUT2D eigenvalue weighted by Crippen LogP contribution is 2.28. The number of ether oxygens (including phenoxy) is 1. The van der Waals surface area contributed by atoms with Crippen LogP contribution in [0, 0.1) is 0 Å². The number of rotatable bonds is 8. The molecule has 1 amide bonds. The number of carbonyl (C=O) groups excluding carboxylic acids is 1.